The van der Waals surface area contributed by atoms with Crippen molar-refractivity contribution in [3.05, 3.63) is 29.8 Å². The summed E-state index contributed by atoms with van der Waals surface area (Å²) in [6.45, 7) is 2.37. The molecule has 0 heterocycles. The first-order chi connectivity index (χ1) is 9.40. The van der Waals surface area contributed by atoms with E-state index in [1.54, 1.807) is 12.1 Å². The molecule has 1 amide bonds. The molecule has 1 aromatic carbocycles. The smallest absolute Gasteiger partial charge is 0.264 e. The Labute approximate surface area is 119 Å². The minimum Gasteiger partial charge on any atom is -0.330 e. The SMILES string of the molecule is CCCC(N)C(=O)NS(=O)(=O)c1ccc(CCN)cc1. The number of hydrogen-bond donors (Lipinski definition) is 3. The normalized spacial score (nSPS) is 12.9. The zero-order chi connectivity index (χ0) is 15.2. The summed E-state index contributed by atoms with van der Waals surface area (Å²) in [7, 11) is -3.87. The molecule has 7 heteroatoms. The van der Waals surface area contributed by atoms with Crippen molar-refractivity contribution in [2.24, 2.45) is 11.5 Å². The molecule has 0 saturated carbocycles. The number of carbonyl (C=O) groups excluding carboxylic acids is 1. The van der Waals surface area contributed by atoms with Crippen molar-refractivity contribution < 1.29 is 13.2 Å². The second-order valence-corrected chi connectivity index (χ2v) is 6.23. The lowest BCUT2D eigenvalue weighted by Gasteiger charge is -2.12. The summed E-state index contributed by atoms with van der Waals surface area (Å²) < 4.78 is 26.0. The van der Waals surface area contributed by atoms with E-state index >= 15 is 0 Å². The maximum atomic E-state index is 12.0. The number of nitrogens with one attached hydrogen (secondary N) is 1. The second kappa shape index (κ2) is 7.37. The summed E-state index contributed by atoms with van der Waals surface area (Å²) in [4.78, 5) is 11.7. The van der Waals surface area contributed by atoms with Crippen molar-refractivity contribution in [1.29, 1.82) is 0 Å². The third kappa shape index (κ3) is 4.59. The highest BCUT2D eigenvalue weighted by Gasteiger charge is 2.21. The van der Waals surface area contributed by atoms with Crippen LogP contribution in [0, 0.1) is 0 Å². The number of hydrogen-bond acceptors (Lipinski definition) is 5. The number of amides is 1. The fraction of sp³-hybridized carbons (Fsp3) is 0.462. The Morgan fingerprint density at radius 1 is 1.30 bits per heavy atom. The van der Waals surface area contributed by atoms with Gasteiger partial charge in [0.25, 0.3) is 15.9 Å². The van der Waals surface area contributed by atoms with Gasteiger partial charge in [0.05, 0.1) is 10.9 Å². The molecule has 0 bridgehead atoms. The lowest BCUT2D eigenvalue weighted by molar-refractivity contribution is -0.120. The Morgan fingerprint density at radius 2 is 1.90 bits per heavy atom. The van der Waals surface area contributed by atoms with E-state index in [0.29, 0.717) is 25.8 Å². The molecule has 1 rings (SSSR count). The van der Waals surface area contributed by atoms with Crippen LogP contribution < -0.4 is 16.2 Å². The molecule has 0 radical (unpaired) electrons. The number of benzene rings is 1. The van der Waals surface area contributed by atoms with E-state index in [4.69, 9.17) is 11.5 Å². The highest BCUT2D eigenvalue weighted by molar-refractivity contribution is 7.90. The first-order valence-corrected chi connectivity index (χ1v) is 8.00. The summed E-state index contributed by atoms with van der Waals surface area (Å²) in [5.41, 5.74) is 12.0. The van der Waals surface area contributed by atoms with Crippen molar-refractivity contribution in [1.82, 2.24) is 4.72 Å². The molecule has 0 aliphatic carbocycles. The van der Waals surface area contributed by atoms with Gasteiger partial charge in [-0.15, -0.1) is 0 Å². The molecular formula is C13H21N3O3S. The topological polar surface area (TPSA) is 115 Å². The molecule has 0 spiro atoms. The van der Waals surface area contributed by atoms with Gasteiger partial charge in [-0.3, -0.25) is 4.79 Å². The Hall–Kier alpha value is -1.44. The molecule has 0 fully saturated rings. The number of carbonyl (C=O) groups is 1. The first-order valence-electron chi connectivity index (χ1n) is 6.52. The standard InChI is InChI=1S/C13H21N3O3S/c1-2-3-12(15)13(17)16-20(18,19)11-6-4-10(5-7-11)8-9-14/h4-7,12H,2-3,8-9,14-15H2,1H3,(H,16,17). The van der Waals surface area contributed by atoms with E-state index < -0.39 is 22.0 Å². The Bertz CT molecular complexity index is 540. The van der Waals surface area contributed by atoms with E-state index in [-0.39, 0.29) is 4.90 Å². The third-order valence-corrected chi connectivity index (χ3v) is 4.20. The fourth-order valence-electron chi connectivity index (χ4n) is 1.71. The second-order valence-electron chi connectivity index (χ2n) is 4.55. The molecule has 1 atom stereocenters. The van der Waals surface area contributed by atoms with E-state index in [2.05, 4.69) is 0 Å². The fourth-order valence-corrected chi connectivity index (χ4v) is 2.74. The van der Waals surface area contributed by atoms with Gasteiger partial charge >= 0.3 is 0 Å². The summed E-state index contributed by atoms with van der Waals surface area (Å²) >= 11 is 0. The van der Waals surface area contributed by atoms with Crippen molar-refractivity contribution in [2.45, 2.75) is 37.1 Å². The molecule has 0 saturated heterocycles. The van der Waals surface area contributed by atoms with Crippen LogP contribution in [0.2, 0.25) is 0 Å². The predicted molar refractivity (Wildman–Crippen MR) is 77.4 cm³/mol. The Kier molecular flexibility index (Phi) is 6.12. The van der Waals surface area contributed by atoms with Gasteiger partial charge in [-0.1, -0.05) is 25.5 Å². The van der Waals surface area contributed by atoms with Crippen LogP contribution in [-0.2, 0) is 21.2 Å². The van der Waals surface area contributed by atoms with E-state index in [9.17, 15) is 13.2 Å². The van der Waals surface area contributed by atoms with Gasteiger partial charge in [-0.05, 0) is 37.1 Å². The number of nitrogens with two attached hydrogens (primary N) is 2. The average Bonchev–Trinajstić information content (AvgIpc) is 2.39. The lowest BCUT2D eigenvalue weighted by Crippen LogP contribution is -2.43. The van der Waals surface area contributed by atoms with Crippen molar-refractivity contribution >= 4 is 15.9 Å². The Morgan fingerprint density at radius 3 is 2.40 bits per heavy atom. The van der Waals surface area contributed by atoms with E-state index in [1.165, 1.54) is 12.1 Å². The summed E-state index contributed by atoms with van der Waals surface area (Å²) in [5, 5.41) is 0. The highest BCUT2D eigenvalue weighted by atomic mass is 32.2. The van der Waals surface area contributed by atoms with Crippen LogP contribution in [-0.4, -0.2) is 26.9 Å². The monoisotopic (exact) mass is 299 g/mol. The van der Waals surface area contributed by atoms with E-state index in [0.717, 1.165) is 5.56 Å². The first kappa shape index (κ1) is 16.6. The third-order valence-electron chi connectivity index (χ3n) is 2.84. The van der Waals surface area contributed by atoms with Crippen LogP contribution in [0.4, 0.5) is 0 Å². The van der Waals surface area contributed by atoms with Gasteiger partial charge in [0.1, 0.15) is 0 Å². The summed E-state index contributed by atoms with van der Waals surface area (Å²) in [5.74, 6) is -0.683. The van der Waals surface area contributed by atoms with Crippen LogP contribution in [0.1, 0.15) is 25.3 Å². The maximum absolute atomic E-state index is 12.0. The molecule has 20 heavy (non-hydrogen) atoms. The van der Waals surface area contributed by atoms with Crippen LogP contribution in [0.5, 0.6) is 0 Å². The van der Waals surface area contributed by atoms with Gasteiger partial charge in [0.15, 0.2) is 0 Å². The molecule has 0 aliphatic rings. The molecule has 0 aliphatic heterocycles. The predicted octanol–water partition coefficient (Wildman–Crippen LogP) is 0.120. The molecule has 1 aromatic rings. The molecule has 112 valence electrons. The molecule has 0 aromatic heterocycles. The van der Waals surface area contributed by atoms with Gasteiger partial charge < -0.3 is 11.5 Å². The molecular weight excluding hydrogens is 278 g/mol. The lowest BCUT2D eigenvalue weighted by atomic mass is 10.2. The van der Waals surface area contributed by atoms with Crippen LogP contribution >= 0.6 is 0 Å². The zero-order valence-electron chi connectivity index (χ0n) is 11.5. The highest BCUT2D eigenvalue weighted by Crippen LogP contribution is 2.11. The van der Waals surface area contributed by atoms with Gasteiger partial charge in [-0.25, -0.2) is 13.1 Å². The Balaban J connectivity index is 2.80. The zero-order valence-corrected chi connectivity index (χ0v) is 12.3. The largest absolute Gasteiger partial charge is 0.330 e. The van der Waals surface area contributed by atoms with Gasteiger partial charge in [0, 0.05) is 0 Å². The number of rotatable bonds is 7. The molecule has 1 unspecified atom stereocenters. The average molecular weight is 299 g/mol. The maximum Gasteiger partial charge on any atom is 0.264 e. The van der Waals surface area contributed by atoms with Crippen molar-refractivity contribution in [2.75, 3.05) is 6.54 Å². The van der Waals surface area contributed by atoms with Crippen LogP contribution in [0.15, 0.2) is 29.2 Å². The minimum absolute atomic E-state index is 0.0373. The van der Waals surface area contributed by atoms with Gasteiger partial charge in [-0.2, -0.15) is 0 Å². The van der Waals surface area contributed by atoms with E-state index in [1.807, 2.05) is 11.6 Å². The summed E-state index contributed by atoms with van der Waals surface area (Å²) in [6, 6.07) is 5.44. The summed E-state index contributed by atoms with van der Waals surface area (Å²) in [6.07, 6.45) is 1.83. The minimum atomic E-state index is -3.87. The van der Waals surface area contributed by atoms with Crippen molar-refractivity contribution in [3.8, 4) is 0 Å². The van der Waals surface area contributed by atoms with Crippen molar-refractivity contribution in [3.63, 3.8) is 0 Å². The van der Waals surface area contributed by atoms with Gasteiger partial charge in [0.2, 0.25) is 0 Å². The van der Waals surface area contributed by atoms with Crippen LogP contribution in [0.25, 0.3) is 0 Å². The molecule has 6 nitrogen and oxygen atoms in total. The quantitative estimate of drug-likeness (QED) is 0.661. The van der Waals surface area contributed by atoms with Crippen LogP contribution in [0.3, 0.4) is 0 Å². The number of sulfonamides is 1. The molecule has 5 N–H and O–H groups in total.